The Bertz CT molecular complexity index is 959. The van der Waals surface area contributed by atoms with Gasteiger partial charge in [-0.3, -0.25) is 14.4 Å². The summed E-state index contributed by atoms with van der Waals surface area (Å²) >= 11 is 6.10. The number of ether oxygens (including phenoxy) is 1. The van der Waals surface area contributed by atoms with Gasteiger partial charge in [0.05, 0.1) is 0 Å². The van der Waals surface area contributed by atoms with Crippen LogP contribution in [0.1, 0.15) is 30.9 Å². The van der Waals surface area contributed by atoms with Gasteiger partial charge in [-0.05, 0) is 43.0 Å². The van der Waals surface area contributed by atoms with Crippen LogP contribution < -0.4 is 21.1 Å². The molecule has 1 unspecified atom stereocenters. The molecule has 2 aromatic rings. The van der Waals surface area contributed by atoms with Crippen molar-refractivity contribution in [3.05, 3.63) is 64.7 Å². The van der Waals surface area contributed by atoms with Crippen LogP contribution in [-0.4, -0.2) is 42.6 Å². The number of nitrogens with one attached hydrogen (secondary N) is 2. The van der Waals surface area contributed by atoms with E-state index in [0.29, 0.717) is 42.1 Å². The van der Waals surface area contributed by atoms with Crippen LogP contribution in [-0.2, 0) is 27.3 Å². The molecule has 3 amide bonds. The molecule has 192 valence electrons. The lowest BCUT2D eigenvalue weighted by atomic mass is 9.87. The molecule has 2 aromatic carbocycles. The summed E-state index contributed by atoms with van der Waals surface area (Å²) in [7, 11) is 0. The van der Waals surface area contributed by atoms with E-state index in [0.717, 1.165) is 5.56 Å². The lowest BCUT2D eigenvalue weighted by molar-refractivity contribution is -0.133. The van der Waals surface area contributed by atoms with Gasteiger partial charge in [0.1, 0.15) is 5.75 Å². The van der Waals surface area contributed by atoms with Gasteiger partial charge >= 0.3 is 0 Å². The summed E-state index contributed by atoms with van der Waals surface area (Å²) in [6.45, 7) is 1.92. The Hall–Kier alpha value is -2.81. The second-order valence-corrected chi connectivity index (χ2v) is 8.44. The van der Waals surface area contributed by atoms with Crippen molar-refractivity contribution in [1.82, 2.24) is 10.6 Å². The van der Waals surface area contributed by atoms with Gasteiger partial charge < -0.3 is 26.2 Å². The average molecular weight is 526 g/mol. The number of aliphatic hydroxyl groups excluding tert-OH is 1. The van der Waals surface area contributed by atoms with Gasteiger partial charge in [0.2, 0.25) is 11.8 Å². The molecule has 8 nitrogen and oxygen atoms in total. The van der Waals surface area contributed by atoms with E-state index in [1.165, 1.54) is 0 Å². The number of aryl methyl sites for hydroxylation is 1. The van der Waals surface area contributed by atoms with Gasteiger partial charge in [-0.1, -0.05) is 48.9 Å². The first-order valence-corrected chi connectivity index (χ1v) is 11.6. The van der Waals surface area contributed by atoms with E-state index in [1.807, 2.05) is 30.3 Å². The SMILES string of the molecule is C[C@H](C(=O)NCc1cc(Cl)ccc1OCC(=O)NCCCO)C(CCc1ccccc1)C(N)=O.Cl. The lowest BCUT2D eigenvalue weighted by Crippen LogP contribution is -2.39. The minimum Gasteiger partial charge on any atom is -0.483 e. The highest BCUT2D eigenvalue weighted by atomic mass is 35.5. The first-order chi connectivity index (χ1) is 16.3. The number of benzene rings is 2. The topological polar surface area (TPSA) is 131 Å². The zero-order chi connectivity index (χ0) is 24.9. The molecule has 35 heavy (non-hydrogen) atoms. The molecule has 0 saturated heterocycles. The van der Waals surface area contributed by atoms with Crippen molar-refractivity contribution in [2.24, 2.45) is 17.6 Å². The molecule has 0 aliphatic carbocycles. The van der Waals surface area contributed by atoms with Crippen LogP contribution >= 0.6 is 24.0 Å². The molecule has 0 fully saturated rings. The van der Waals surface area contributed by atoms with E-state index in [2.05, 4.69) is 10.6 Å². The first-order valence-electron chi connectivity index (χ1n) is 11.2. The number of primary amides is 1. The molecule has 0 aliphatic rings. The smallest absolute Gasteiger partial charge is 0.257 e. The van der Waals surface area contributed by atoms with Crippen LogP contribution in [0.2, 0.25) is 5.02 Å². The quantitative estimate of drug-likeness (QED) is 0.281. The van der Waals surface area contributed by atoms with Crippen molar-refractivity contribution in [3.8, 4) is 5.75 Å². The van der Waals surface area contributed by atoms with Gasteiger partial charge in [0.25, 0.3) is 5.91 Å². The monoisotopic (exact) mass is 525 g/mol. The summed E-state index contributed by atoms with van der Waals surface area (Å²) in [6.07, 6.45) is 1.56. The molecule has 0 radical (unpaired) electrons. The maximum Gasteiger partial charge on any atom is 0.257 e. The number of carbonyl (C=O) groups is 3. The van der Waals surface area contributed by atoms with Crippen LogP contribution in [0.15, 0.2) is 48.5 Å². The maximum absolute atomic E-state index is 12.8. The van der Waals surface area contributed by atoms with Crippen LogP contribution in [0, 0.1) is 11.8 Å². The molecule has 0 spiro atoms. The fourth-order valence-electron chi connectivity index (χ4n) is 3.46. The van der Waals surface area contributed by atoms with Crippen molar-refractivity contribution in [2.75, 3.05) is 19.8 Å². The molecular weight excluding hydrogens is 493 g/mol. The number of amides is 3. The minimum atomic E-state index is -0.623. The summed E-state index contributed by atoms with van der Waals surface area (Å²) in [5.41, 5.74) is 7.26. The van der Waals surface area contributed by atoms with E-state index in [4.69, 9.17) is 27.2 Å². The minimum absolute atomic E-state index is 0. The van der Waals surface area contributed by atoms with Gasteiger partial charge in [0.15, 0.2) is 6.61 Å². The molecule has 0 saturated carbocycles. The van der Waals surface area contributed by atoms with Gasteiger partial charge in [-0.25, -0.2) is 0 Å². The third kappa shape index (κ3) is 10.5. The maximum atomic E-state index is 12.8. The zero-order valence-electron chi connectivity index (χ0n) is 19.7. The number of nitrogens with two attached hydrogens (primary N) is 1. The molecule has 10 heteroatoms. The number of rotatable bonds is 14. The summed E-state index contributed by atoms with van der Waals surface area (Å²) in [6, 6.07) is 14.6. The van der Waals surface area contributed by atoms with Crippen LogP contribution in [0.25, 0.3) is 0 Å². The number of hydrogen-bond acceptors (Lipinski definition) is 5. The Kier molecular flexibility index (Phi) is 13.8. The largest absolute Gasteiger partial charge is 0.483 e. The predicted octanol–water partition coefficient (Wildman–Crippen LogP) is 2.63. The zero-order valence-corrected chi connectivity index (χ0v) is 21.2. The van der Waals surface area contributed by atoms with Crippen molar-refractivity contribution >= 4 is 41.7 Å². The van der Waals surface area contributed by atoms with E-state index in [1.54, 1.807) is 25.1 Å². The van der Waals surface area contributed by atoms with Crippen molar-refractivity contribution in [2.45, 2.75) is 32.7 Å². The van der Waals surface area contributed by atoms with Gasteiger partial charge in [-0.2, -0.15) is 0 Å². The molecule has 0 aliphatic heterocycles. The second-order valence-electron chi connectivity index (χ2n) is 8.01. The summed E-state index contributed by atoms with van der Waals surface area (Å²) in [5, 5.41) is 14.7. The Balaban J connectivity index is 0.00000612. The Morgan fingerprint density at radius 1 is 1.11 bits per heavy atom. The number of carbonyl (C=O) groups excluding carboxylic acids is 3. The number of hydrogen-bond donors (Lipinski definition) is 4. The summed E-state index contributed by atoms with van der Waals surface area (Å²) in [4.78, 5) is 36.7. The first kappa shape index (κ1) is 30.2. The van der Waals surface area contributed by atoms with E-state index in [9.17, 15) is 14.4 Å². The fraction of sp³-hybridized carbons (Fsp3) is 0.400. The lowest BCUT2D eigenvalue weighted by Gasteiger charge is -2.21. The number of halogens is 2. The van der Waals surface area contributed by atoms with Gasteiger partial charge in [-0.15, -0.1) is 12.4 Å². The Morgan fingerprint density at radius 3 is 2.49 bits per heavy atom. The molecule has 0 bridgehead atoms. The molecule has 0 aromatic heterocycles. The van der Waals surface area contributed by atoms with Crippen LogP contribution in [0.4, 0.5) is 0 Å². The predicted molar refractivity (Wildman–Crippen MR) is 137 cm³/mol. The van der Waals surface area contributed by atoms with Crippen molar-refractivity contribution < 1.29 is 24.2 Å². The molecular formula is C25H33Cl2N3O5. The average Bonchev–Trinajstić information content (AvgIpc) is 2.82. The van der Waals surface area contributed by atoms with Crippen LogP contribution in [0.3, 0.4) is 0 Å². The molecule has 5 N–H and O–H groups in total. The summed E-state index contributed by atoms with van der Waals surface area (Å²) < 4.78 is 5.59. The highest BCUT2D eigenvalue weighted by molar-refractivity contribution is 6.30. The fourth-order valence-corrected chi connectivity index (χ4v) is 3.65. The summed E-state index contributed by atoms with van der Waals surface area (Å²) in [5.74, 6) is -1.98. The normalized spacial score (nSPS) is 12.1. The van der Waals surface area contributed by atoms with Crippen molar-refractivity contribution in [1.29, 1.82) is 0 Å². The number of aliphatic hydroxyl groups is 1. The Morgan fingerprint density at radius 2 is 1.83 bits per heavy atom. The van der Waals surface area contributed by atoms with E-state index < -0.39 is 17.7 Å². The van der Waals surface area contributed by atoms with Crippen molar-refractivity contribution in [3.63, 3.8) is 0 Å². The molecule has 2 rings (SSSR count). The molecule has 0 heterocycles. The van der Waals surface area contributed by atoms with E-state index >= 15 is 0 Å². The van der Waals surface area contributed by atoms with Gasteiger partial charge in [0, 0.05) is 42.1 Å². The van der Waals surface area contributed by atoms with E-state index in [-0.39, 0.29) is 44.0 Å². The highest BCUT2D eigenvalue weighted by Crippen LogP contribution is 2.24. The Labute approximate surface area is 217 Å². The highest BCUT2D eigenvalue weighted by Gasteiger charge is 2.28. The third-order valence-corrected chi connectivity index (χ3v) is 5.70. The third-order valence-electron chi connectivity index (χ3n) is 5.46. The van der Waals surface area contributed by atoms with Crippen LogP contribution in [0.5, 0.6) is 5.75 Å². The molecule has 2 atom stereocenters. The second kappa shape index (κ2) is 16.0. The standard InChI is InChI=1S/C25H32ClN3O5.ClH/c1-17(21(24(27)32)10-8-18-6-3-2-4-7-18)25(33)29-15-19-14-20(26)9-11-22(19)34-16-23(31)28-12-5-13-30;/h2-4,6-7,9,11,14,17,21,30H,5,8,10,12-13,15-16H2,1H3,(H2,27,32)(H,28,31)(H,29,33);1H/t17-,21?;/m0./s1.